The number of nitrogens with zero attached hydrogens (tertiary/aromatic N) is 2. The first-order chi connectivity index (χ1) is 24.4. The van der Waals surface area contributed by atoms with Crippen molar-refractivity contribution in [3.8, 4) is 11.5 Å². The van der Waals surface area contributed by atoms with Crippen LogP contribution in [0.5, 0.6) is 11.5 Å². The number of hydrogen-bond donors (Lipinski definition) is 2. The fourth-order valence-electron chi connectivity index (χ4n) is 6.38. The van der Waals surface area contributed by atoms with Crippen LogP contribution >= 0.6 is 0 Å². The molecule has 16 heteroatoms. The smallest absolute Gasteiger partial charge is 0.433 e. The number of benzene rings is 2. The zero-order chi connectivity index (χ0) is 36.6. The van der Waals surface area contributed by atoms with E-state index in [-0.39, 0.29) is 50.3 Å². The van der Waals surface area contributed by atoms with Gasteiger partial charge in [0, 0.05) is 26.2 Å². The van der Waals surface area contributed by atoms with Gasteiger partial charge in [0.1, 0.15) is 6.10 Å². The van der Waals surface area contributed by atoms with Gasteiger partial charge in [-0.1, -0.05) is 44.2 Å². The molecule has 2 saturated heterocycles. The number of amides is 2. The lowest BCUT2D eigenvalue weighted by Gasteiger charge is -2.35. The van der Waals surface area contributed by atoms with E-state index in [0.717, 1.165) is 10.6 Å². The van der Waals surface area contributed by atoms with Crippen LogP contribution < -0.4 is 14.8 Å². The zero-order valence-electron chi connectivity index (χ0n) is 29.5. The Morgan fingerprint density at radius 3 is 2.61 bits per heavy atom. The van der Waals surface area contributed by atoms with E-state index in [1.54, 1.807) is 6.07 Å². The van der Waals surface area contributed by atoms with Crippen molar-refractivity contribution in [2.24, 2.45) is 11.3 Å². The van der Waals surface area contributed by atoms with E-state index in [2.05, 4.69) is 5.32 Å². The van der Waals surface area contributed by atoms with Crippen LogP contribution in [0, 0.1) is 11.3 Å². The summed E-state index contributed by atoms with van der Waals surface area (Å²) in [7, 11) is -1.39. The van der Waals surface area contributed by atoms with Gasteiger partial charge in [0.15, 0.2) is 17.8 Å². The Labute approximate surface area is 299 Å². The summed E-state index contributed by atoms with van der Waals surface area (Å²) in [5.74, 6) is 0.672. The van der Waals surface area contributed by atoms with E-state index in [9.17, 15) is 23.1 Å². The van der Waals surface area contributed by atoms with Crippen LogP contribution in [0.25, 0.3) is 0 Å². The molecule has 0 aliphatic carbocycles. The minimum absolute atomic E-state index is 0.0181. The van der Waals surface area contributed by atoms with Crippen LogP contribution in [0.1, 0.15) is 45.1 Å². The largest absolute Gasteiger partial charge is 0.454 e. The quantitative estimate of drug-likeness (QED) is 0.179. The number of ether oxygens (including phenoxy) is 6. The van der Waals surface area contributed by atoms with E-state index in [4.69, 9.17) is 33.3 Å². The summed E-state index contributed by atoms with van der Waals surface area (Å²) in [6.45, 7) is 4.47. The molecule has 0 radical (unpaired) electrons. The average molecular weight is 736 g/mol. The molecule has 15 nitrogen and oxygen atoms in total. The summed E-state index contributed by atoms with van der Waals surface area (Å²) in [5, 5.41) is 15.6. The second-order valence-corrected chi connectivity index (χ2v) is 15.6. The Morgan fingerprint density at radius 2 is 1.84 bits per heavy atom. The molecular weight excluding hydrogens is 686 g/mol. The van der Waals surface area contributed by atoms with Crippen LogP contribution in [0.4, 0.5) is 9.59 Å². The summed E-state index contributed by atoms with van der Waals surface area (Å²) in [6, 6.07) is 12.8. The fraction of sp³-hybridized carbons (Fsp3) is 0.600. The van der Waals surface area contributed by atoms with E-state index in [1.807, 2.05) is 44.2 Å². The Kier molecular flexibility index (Phi) is 13.0. The average Bonchev–Trinajstić information content (AvgIpc) is 3.86. The Balaban J connectivity index is 1.32. The molecule has 3 aliphatic heterocycles. The number of carbonyl (C=O) groups is 2. The highest BCUT2D eigenvalue weighted by Gasteiger charge is 2.44. The number of rotatable bonds is 17. The highest BCUT2D eigenvalue weighted by Crippen LogP contribution is 2.36. The maximum Gasteiger partial charge on any atom is 0.433 e. The van der Waals surface area contributed by atoms with Crippen LogP contribution in [-0.2, 0) is 40.2 Å². The van der Waals surface area contributed by atoms with Crippen LogP contribution in [0.15, 0.2) is 53.4 Å². The number of aliphatic hydroxyl groups excluding tert-OH is 1. The van der Waals surface area contributed by atoms with Crippen LogP contribution in [0.2, 0.25) is 0 Å². The maximum absolute atomic E-state index is 14.3. The first-order valence-corrected chi connectivity index (χ1v) is 18.6. The first-order valence-electron chi connectivity index (χ1n) is 17.1. The van der Waals surface area contributed by atoms with Gasteiger partial charge in [-0.05, 0) is 55.2 Å². The van der Waals surface area contributed by atoms with Crippen molar-refractivity contribution >= 4 is 22.2 Å². The Morgan fingerprint density at radius 1 is 1.08 bits per heavy atom. The molecule has 2 N–H and O–H groups in total. The van der Waals surface area contributed by atoms with Gasteiger partial charge in [0.05, 0.1) is 49.9 Å². The minimum Gasteiger partial charge on any atom is -0.454 e. The number of hydroxylamine groups is 2. The van der Waals surface area contributed by atoms with Gasteiger partial charge in [-0.25, -0.2) is 18.0 Å². The van der Waals surface area contributed by atoms with Gasteiger partial charge < -0.3 is 38.8 Å². The van der Waals surface area contributed by atoms with Crippen LogP contribution in [-0.4, -0.2) is 113 Å². The Hall–Kier alpha value is -3.67. The van der Waals surface area contributed by atoms with Crippen molar-refractivity contribution in [2.75, 3.05) is 53.9 Å². The molecule has 5 atom stereocenters. The van der Waals surface area contributed by atoms with Gasteiger partial charge in [-0.15, -0.1) is 0 Å². The van der Waals surface area contributed by atoms with Gasteiger partial charge >= 0.3 is 12.2 Å². The minimum atomic E-state index is -4.20. The van der Waals surface area contributed by atoms with Gasteiger partial charge in [-0.2, -0.15) is 9.37 Å². The third-order valence-electron chi connectivity index (χ3n) is 9.29. The summed E-state index contributed by atoms with van der Waals surface area (Å²) in [6.07, 6.45) is -0.892. The van der Waals surface area contributed by atoms with Gasteiger partial charge in [0.25, 0.3) is 0 Å². The molecule has 5 rings (SSSR count). The van der Waals surface area contributed by atoms with Crippen molar-refractivity contribution in [1.29, 1.82) is 0 Å². The molecule has 2 amide bonds. The predicted molar refractivity (Wildman–Crippen MR) is 182 cm³/mol. The molecule has 3 aliphatic rings. The summed E-state index contributed by atoms with van der Waals surface area (Å²) in [4.78, 5) is 30.0. The molecular formula is C35H49N3O12S. The summed E-state index contributed by atoms with van der Waals surface area (Å²) >= 11 is 0. The number of unbranched alkanes of at least 4 members (excludes halogenated alkanes) is 1. The lowest BCUT2D eigenvalue weighted by molar-refractivity contribution is -0.0907. The fourth-order valence-corrected chi connectivity index (χ4v) is 8.04. The third kappa shape index (κ3) is 10.2. The zero-order valence-corrected chi connectivity index (χ0v) is 30.3. The summed E-state index contributed by atoms with van der Waals surface area (Å²) in [5.41, 5.74) is 0.262. The number of nitrogens with one attached hydrogen (secondary N) is 1. The molecule has 2 fully saturated rings. The highest BCUT2D eigenvalue weighted by molar-refractivity contribution is 7.89. The second-order valence-electron chi connectivity index (χ2n) is 13.7. The molecule has 0 unspecified atom stereocenters. The number of aliphatic hydroxyl groups is 1. The first kappa shape index (κ1) is 38.6. The van der Waals surface area contributed by atoms with Crippen molar-refractivity contribution in [2.45, 2.75) is 75.4 Å². The van der Waals surface area contributed by atoms with E-state index >= 15 is 0 Å². The van der Waals surface area contributed by atoms with E-state index in [0.29, 0.717) is 43.8 Å². The van der Waals surface area contributed by atoms with Crippen molar-refractivity contribution in [1.82, 2.24) is 14.7 Å². The lowest BCUT2D eigenvalue weighted by atomic mass is 9.87. The second kappa shape index (κ2) is 17.2. The molecule has 0 aromatic heterocycles. The molecule has 282 valence electrons. The van der Waals surface area contributed by atoms with Crippen molar-refractivity contribution in [3.05, 3.63) is 54.1 Å². The third-order valence-corrected chi connectivity index (χ3v) is 11.1. The lowest BCUT2D eigenvalue weighted by Crippen LogP contribution is -2.52. The number of sulfonamides is 1. The van der Waals surface area contributed by atoms with E-state index < -0.39 is 52.2 Å². The van der Waals surface area contributed by atoms with Gasteiger partial charge in [0.2, 0.25) is 16.8 Å². The standard InChI is InChI=1S/C35H49N3O12S/c1-35(2,15-8-9-16-46-34(41)37(3)44-4)22-38(51(42,43)25-12-13-29-30(19-25)49-23-48-29)20-28(39)27(18-24-10-6-5-7-11-24)36-33(40)50-31-21-47-32-26(31)14-17-45-32/h5-7,10-13,19,26-28,31-32,39H,8-9,14-18,20-23H2,1-4H3,(H,36,40)/t26-,27-,28+,31-,32+/m0/s1. The van der Waals surface area contributed by atoms with Crippen molar-refractivity contribution in [3.63, 3.8) is 0 Å². The SMILES string of the molecule is CON(C)C(=O)OCCCCC(C)(C)CN(C[C@@H](O)[C@H](Cc1ccccc1)NC(=O)O[C@H]1CO[C@H]2OCC[C@H]21)S(=O)(=O)c1ccc2c(c1)OCO2. The number of hydrogen-bond acceptors (Lipinski definition) is 12. The molecule has 2 aromatic rings. The monoisotopic (exact) mass is 735 g/mol. The highest BCUT2D eigenvalue weighted by atomic mass is 32.2. The van der Waals surface area contributed by atoms with Crippen LogP contribution in [0.3, 0.4) is 0 Å². The molecule has 2 aromatic carbocycles. The molecule has 3 heterocycles. The molecule has 0 bridgehead atoms. The molecule has 0 saturated carbocycles. The van der Waals surface area contributed by atoms with Crippen molar-refractivity contribution < 1.29 is 56.4 Å². The Bertz CT molecular complexity index is 1580. The predicted octanol–water partition coefficient (Wildman–Crippen LogP) is 3.69. The number of fused-ring (bicyclic) bond motifs is 2. The summed E-state index contributed by atoms with van der Waals surface area (Å²) < 4.78 is 62.9. The normalized spacial score (nSPS) is 20.9. The molecule has 0 spiro atoms. The van der Waals surface area contributed by atoms with E-state index in [1.165, 1.54) is 30.6 Å². The molecule has 51 heavy (non-hydrogen) atoms. The topological polar surface area (TPSA) is 172 Å². The van der Waals surface area contributed by atoms with Gasteiger partial charge in [-0.3, -0.25) is 4.84 Å². The number of carbonyl (C=O) groups excluding carboxylic acids is 2. The number of alkyl carbamates (subject to hydrolysis) is 1. The maximum atomic E-state index is 14.3.